The summed E-state index contributed by atoms with van der Waals surface area (Å²) < 4.78 is 0. The lowest BCUT2D eigenvalue weighted by molar-refractivity contribution is 0.222. The third-order valence-corrected chi connectivity index (χ3v) is 11.5. The van der Waals surface area contributed by atoms with Gasteiger partial charge in [-0.3, -0.25) is 0 Å². The van der Waals surface area contributed by atoms with Crippen LogP contribution in [0.3, 0.4) is 0 Å². The van der Waals surface area contributed by atoms with Gasteiger partial charge in [-0.15, -0.1) is 0 Å². The van der Waals surface area contributed by atoms with Crippen LogP contribution in [0.25, 0.3) is 54.6 Å². The van der Waals surface area contributed by atoms with Crippen LogP contribution in [0.4, 0.5) is 11.4 Å². The molecule has 1 saturated carbocycles. The Morgan fingerprint density at radius 2 is 1.13 bits per heavy atom. The molecule has 1 heterocycles. The summed E-state index contributed by atoms with van der Waals surface area (Å²) in [6, 6.07) is 52.0. The normalized spacial score (nSPS) is 20.2. The maximum atomic E-state index is 2.67. The minimum Gasteiger partial charge on any atom is -0.334 e. The second-order valence-electron chi connectivity index (χ2n) is 13.9. The summed E-state index contributed by atoms with van der Waals surface area (Å²) in [7, 11) is 0. The summed E-state index contributed by atoms with van der Waals surface area (Å²) >= 11 is 0. The van der Waals surface area contributed by atoms with E-state index in [0.29, 0.717) is 5.92 Å². The molecule has 2 atom stereocenters. The number of hydrogen-bond acceptors (Lipinski definition) is 1. The molecule has 1 heteroatoms. The van der Waals surface area contributed by atoms with Gasteiger partial charge in [0.05, 0.1) is 5.54 Å². The minimum atomic E-state index is 0.0116. The lowest BCUT2D eigenvalue weighted by Gasteiger charge is -2.47. The van der Waals surface area contributed by atoms with Crippen molar-refractivity contribution < 1.29 is 0 Å². The fourth-order valence-electron chi connectivity index (χ4n) is 9.03. The molecular formula is C44H37N. The van der Waals surface area contributed by atoms with Crippen LogP contribution in [0.2, 0.25) is 0 Å². The molecule has 1 aliphatic heterocycles. The molecule has 218 valence electrons. The molecule has 0 aromatic heterocycles. The Hall–Kier alpha value is -4.88. The molecular weight excluding hydrogens is 542 g/mol. The number of hydrogen-bond donors (Lipinski definition) is 0. The predicted molar refractivity (Wildman–Crippen MR) is 193 cm³/mol. The zero-order valence-electron chi connectivity index (χ0n) is 26.2. The number of para-hydroxylation sites is 1. The number of nitrogens with zero attached hydrogens (tertiary/aromatic N) is 1. The van der Waals surface area contributed by atoms with Crippen LogP contribution < -0.4 is 4.90 Å². The van der Waals surface area contributed by atoms with Gasteiger partial charge in [0.2, 0.25) is 0 Å². The van der Waals surface area contributed by atoms with Crippen molar-refractivity contribution in [3.05, 3.63) is 145 Å². The first-order chi connectivity index (χ1) is 22.0. The van der Waals surface area contributed by atoms with Crippen molar-refractivity contribution in [3.63, 3.8) is 0 Å². The van der Waals surface area contributed by atoms with Gasteiger partial charge in [0.1, 0.15) is 0 Å². The molecule has 0 spiro atoms. The van der Waals surface area contributed by atoms with Gasteiger partial charge < -0.3 is 4.90 Å². The topological polar surface area (TPSA) is 3.24 Å². The molecule has 0 saturated heterocycles. The van der Waals surface area contributed by atoms with E-state index in [9.17, 15) is 0 Å². The van der Waals surface area contributed by atoms with Crippen molar-refractivity contribution in [3.8, 4) is 22.3 Å². The van der Waals surface area contributed by atoms with Gasteiger partial charge in [0, 0.05) is 17.3 Å². The first-order valence-electron chi connectivity index (χ1n) is 16.4. The van der Waals surface area contributed by atoms with E-state index in [1.807, 2.05) is 0 Å². The standard InChI is InChI=1S/C44H37N/c1-43(2)27-26-39-38-28-30(24-25-40(38)45(44(39,43)3)31-16-5-4-6-17-31)41-34-19-9-11-21-36(34)42(37-22-12-10-20-35(37)41)33-23-13-15-29-14-7-8-18-32(29)33/h4-25,28,39H,26-27H2,1-3H3. The average molecular weight is 580 g/mol. The van der Waals surface area contributed by atoms with E-state index in [4.69, 9.17) is 0 Å². The Bertz CT molecular complexity index is 2220. The zero-order valence-corrected chi connectivity index (χ0v) is 26.2. The van der Waals surface area contributed by atoms with Crippen molar-refractivity contribution in [2.24, 2.45) is 5.41 Å². The SMILES string of the molecule is CC1(C)CCC2c3cc(-c4c5ccccc5c(-c5cccc6ccccc56)c5ccccc45)ccc3N(c3ccccc3)C21C. The van der Waals surface area contributed by atoms with E-state index in [1.165, 1.54) is 84.4 Å². The number of anilines is 2. The van der Waals surface area contributed by atoms with Crippen molar-refractivity contribution in [1.29, 1.82) is 0 Å². The summed E-state index contributed by atoms with van der Waals surface area (Å²) in [5.41, 5.74) is 9.62. The molecule has 0 radical (unpaired) electrons. The van der Waals surface area contributed by atoms with Crippen LogP contribution in [0.1, 0.15) is 45.1 Å². The maximum absolute atomic E-state index is 2.67. The Balaban J connectivity index is 1.33. The van der Waals surface area contributed by atoms with E-state index in [2.05, 4.69) is 165 Å². The molecule has 0 bridgehead atoms. The van der Waals surface area contributed by atoms with Crippen LogP contribution in [-0.4, -0.2) is 5.54 Å². The van der Waals surface area contributed by atoms with Crippen molar-refractivity contribution in [2.75, 3.05) is 4.90 Å². The highest BCUT2D eigenvalue weighted by Crippen LogP contribution is 2.65. The number of benzene rings is 7. The third kappa shape index (κ3) is 3.61. The van der Waals surface area contributed by atoms with Gasteiger partial charge in [-0.05, 0) is 110 Å². The van der Waals surface area contributed by atoms with Crippen LogP contribution in [0.5, 0.6) is 0 Å². The van der Waals surface area contributed by atoms with E-state index in [1.54, 1.807) is 0 Å². The molecule has 9 rings (SSSR count). The summed E-state index contributed by atoms with van der Waals surface area (Å²) in [5.74, 6) is 0.482. The van der Waals surface area contributed by atoms with Crippen LogP contribution >= 0.6 is 0 Å². The lowest BCUT2D eigenvalue weighted by Crippen LogP contribution is -2.50. The van der Waals surface area contributed by atoms with Gasteiger partial charge in [-0.25, -0.2) is 0 Å². The van der Waals surface area contributed by atoms with Gasteiger partial charge in [-0.1, -0.05) is 129 Å². The lowest BCUT2D eigenvalue weighted by atomic mass is 9.72. The minimum absolute atomic E-state index is 0.0116. The second-order valence-corrected chi connectivity index (χ2v) is 13.9. The van der Waals surface area contributed by atoms with E-state index < -0.39 is 0 Å². The van der Waals surface area contributed by atoms with Gasteiger partial charge in [-0.2, -0.15) is 0 Å². The third-order valence-electron chi connectivity index (χ3n) is 11.5. The van der Waals surface area contributed by atoms with Crippen LogP contribution in [0.15, 0.2) is 140 Å². The molecule has 0 amide bonds. The Morgan fingerprint density at radius 1 is 0.556 bits per heavy atom. The van der Waals surface area contributed by atoms with E-state index in [0.717, 1.165) is 0 Å². The molecule has 0 N–H and O–H groups in total. The van der Waals surface area contributed by atoms with Gasteiger partial charge in [0.25, 0.3) is 0 Å². The monoisotopic (exact) mass is 579 g/mol. The van der Waals surface area contributed by atoms with Gasteiger partial charge in [0.15, 0.2) is 0 Å². The fraction of sp³-hybridized carbons (Fsp3) is 0.182. The first-order valence-corrected chi connectivity index (χ1v) is 16.4. The number of fused-ring (bicyclic) bond motifs is 6. The summed E-state index contributed by atoms with van der Waals surface area (Å²) in [4.78, 5) is 2.67. The molecule has 2 aliphatic rings. The smallest absolute Gasteiger partial charge is 0.0543 e. The maximum Gasteiger partial charge on any atom is 0.0543 e. The molecule has 1 nitrogen and oxygen atoms in total. The van der Waals surface area contributed by atoms with Crippen LogP contribution in [0, 0.1) is 5.41 Å². The highest BCUT2D eigenvalue weighted by atomic mass is 15.3. The number of rotatable bonds is 3. The second kappa shape index (κ2) is 9.56. The molecule has 7 aromatic carbocycles. The van der Waals surface area contributed by atoms with Crippen molar-refractivity contribution in [1.82, 2.24) is 0 Å². The molecule has 2 unspecified atom stereocenters. The average Bonchev–Trinajstić information content (AvgIpc) is 3.48. The largest absolute Gasteiger partial charge is 0.334 e. The molecule has 7 aromatic rings. The Morgan fingerprint density at radius 3 is 1.82 bits per heavy atom. The van der Waals surface area contributed by atoms with E-state index >= 15 is 0 Å². The Kier molecular flexibility index (Phi) is 5.63. The zero-order chi connectivity index (χ0) is 30.3. The highest BCUT2D eigenvalue weighted by Gasteiger charge is 2.60. The fourth-order valence-corrected chi connectivity index (χ4v) is 9.03. The van der Waals surface area contributed by atoms with E-state index in [-0.39, 0.29) is 11.0 Å². The van der Waals surface area contributed by atoms with Crippen molar-refractivity contribution >= 4 is 43.7 Å². The predicted octanol–water partition coefficient (Wildman–Crippen LogP) is 12.3. The first kappa shape index (κ1) is 26.5. The van der Waals surface area contributed by atoms with Crippen molar-refractivity contribution in [2.45, 2.75) is 45.1 Å². The molecule has 45 heavy (non-hydrogen) atoms. The highest BCUT2D eigenvalue weighted by molar-refractivity contribution is 6.23. The quantitative estimate of drug-likeness (QED) is 0.188. The summed E-state index contributed by atoms with van der Waals surface area (Å²) in [6.07, 6.45) is 2.44. The molecule has 1 aliphatic carbocycles. The summed E-state index contributed by atoms with van der Waals surface area (Å²) in [5, 5.41) is 7.81. The Labute approximate surface area is 265 Å². The summed E-state index contributed by atoms with van der Waals surface area (Å²) in [6.45, 7) is 7.46. The molecule has 1 fully saturated rings. The van der Waals surface area contributed by atoms with Gasteiger partial charge >= 0.3 is 0 Å². The van der Waals surface area contributed by atoms with Crippen LogP contribution in [-0.2, 0) is 0 Å².